The molecule has 1 fully saturated rings. The third kappa shape index (κ3) is 8.02. The van der Waals surface area contributed by atoms with Crippen molar-refractivity contribution in [2.24, 2.45) is 0 Å². The second kappa shape index (κ2) is 13.9. The Morgan fingerprint density at radius 3 is 2.43 bits per heavy atom. The van der Waals surface area contributed by atoms with Crippen LogP contribution in [0.3, 0.4) is 0 Å². The van der Waals surface area contributed by atoms with Crippen LogP contribution in [-0.4, -0.2) is 62.9 Å². The lowest BCUT2D eigenvalue weighted by Gasteiger charge is -2.35. The number of esters is 1. The molecule has 6 nitrogen and oxygen atoms in total. The smallest absolute Gasteiger partial charge is 0.305 e. The molecule has 0 saturated carbocycles. The molecule has 0 bridgehead atoms. The number of carbonyl (C=O) groups is 2. The molecule has 162 valence electrons. The summed E-state index contributed by atoms with van der Waals surface area (Å²) in [6.07, 6.45) is 12.4. The van der Waals surface area contributed by atoms with E-state index >= 15 is 0 Å². The predicted molar refractivity (Wildman–Crippen MR) is 110 cm³/mol. The average Bonchev–Trinajstić information content (AvgIpc) is 3.06. The molecule has 1 atom stereocenters. The van der Waals surface area contributed by atoms with Crippen LogP contribution in [0.15, 0.2) is 12.2 Å². The first-order valence-corrected chi connectivity index (χ1v) is 10.6. The molecule has 0 radical (unpaired) electrons. The van der Waals surface area contributed by atoms with Gasteiger partial charge in [0.25, 0.3) is 0 Å². The maximum Gasteiger partial charge on any atom is 0.305 e. The standard InChI is InChI=1S/C22H39NO5/c1-5-6-9-12-19(24)15-17-23-18-16-22(27-3,28-4)20(23)13-10-7-8-11-14-21(25)26-2/h7,10,20H,5-6,8-9,11-18H2,1-4H3/t20-/m0/s1. The summed E-state index contributed by atoms with van der Waals surface area (Å²) in [6, 6.07) is 0.0859. The van der Waals surface area contributed by atoms with Gasteiger partial charge in [0, 0.05) is 53.0 Å². The van der Waals surface area contributed by atoms with Crippen LogP contribution in [0, 0.1) is 0 Å². The van der Waals surface area contributed by atoms with Crippen LogP contribution in [0.2, 0.25) is 0 Å². The number of allylic oxidation sites excluding steroid dienone is 1. The van der Waals surface area contributed by atoms with E-state index in [4.69, 9.17) is 9.47 Å². The van der Waals surface area contributed by atoms with Crippen molar-refractivity contribution in [3.8, 4) is 0 Å². The van der Waals surface area contributed by atoms with E-state index in [1.807, 2.05) is 0 Å². The van der Waals surface area contributed by atoms with Gasteiger partial charge in [0.1, 0.15) is 5.78 Å². The second-order valence-electron chi connectivity index (χ2n) is 7.44. The summed E-state index contributed by atoms with van der Waals surface area (Å²) in [6.45, 7) is 3.77. The van der Waals surface area contributed by atoms with Gasteiger partial charge in [0.2, 0.25) is 0 Å². The number of ether oxygens (including phenoxy) is 3. The van der Waals surface area contributed by atoms with Crippen LogP contribution >= 0.6 is 0 Å². The second-order valence-corrected chi connectivity index (χ2v) is 7.44. The van der Waals surface area contributed by atoms with Crippen molar-refractivity contribution in [1.29, 1.82) is 0 Å². The third-order valence-corrected chi connectivity index (χ3v) is 5.63. The van der Waals surface area contributed by atoms with Crippen molar-refractivity contribution in [3.05, 3.63) is 12.2 Å². The first-order chi connectivity index (χ1) is 13.5. The Bertz CT molecular complexity index is 487. The molecule has 1 rings (SSSR count). The number of nitrogens with zero attached hydrogens (tertiary/aromatic N) is 1. The zero-order chi connectivity index (χ0) is 20.8. The summed E-state index contributed by atoms with van der Waals surface area (Å²) in [5.74, 6) is -0.448. The van der Waals surface area contributed by atoms with E-state index in [0.717, 1.165) is 58.0 Å². The number of hydrogen-bond acceptors (Lipinski definition) is 6. The molecule has 1 heterocycles. The van der Waals surface area contributed by atoms with Gasteiger partial charge < -0.3 is 14.2 Å². The Kier molecular flexibility index (Phi) is 12.3. The van der Waals surface area contributed by atoms with E-state index in [-0.39, 0.29) is 12.0 Å². The summed E-state index contributed by atoms with van der Waals surface area (Å²) in [5.41, 5.74) is 0. The van der Waals surface area contributed by atoms with E-state index < -0.39 is 5.79 Å². The number of likely N-dealkylation sites (tertiary alicyclic amines) is 1. The largest absolute Gasteiger partial charge is 0.469 e. The zero-order valence-electron chi connectivity index (χ0n) is 18.2. The monoisotopic (exact) mass is 397 g/mol. The lowest BCUT2D eigenvalue weighted by atomic mass is 10.0. The highest BCUT2D eigenvalue weighted by Gasteiger charge is 2.47. The topological polar surface area (TPSA) is 65.1 Å². The number of ketones is 1. The number of Topliss-reactive ketones (excluding diaryl/α,β-unsaturated/α-hetero) is 1. The molecule has 0 amide bonds. The highest BCUT2D eigenvalue weighted by Crippen LogP contribution is 2.35. The first-order valence-electron chi connectivity index (χ1n) is 10.6. The number of carbonyl (C=O) groups excluding carboxylic acids is 2. The molecule has 6 heteroatoms. The molecule has 1 saturated heterocycles. The van der Waals surface area contributed by atoms with Crippen LogP contribution in [0.1, 0.15) is 71.1 Å². The minimum absolute atomic E-state index is 0.0859. The molecule has 0 aromatic heterocycles. The molecule has 0 aromatic rings. The molecule has 0 N–H and O–H groups in total. The Morgan fingerprint density at radius 1 is 1.04 bits per heavy atom. The fourth-order valence-electron chi connectivity index (χ4n) is 3.83. The van der Waals surface area contributed by atoms with Gasteiger partial charge in [0.15, 0.2) is 5.79 Å². The zero-order valence-corrected chi connectivity index (χ0v) is 18.2. The lowest BCUT2D eigenvalue weighted by molar-refractivity contribution is -0.218. The van der Waals surface area contributed by atoms with Crippen molar-refractivity contribution < 1.29 is 23.8 Å². The van der Waals surface area contributed by atoms with Gasteiger partial charge in [-0.05, 0) is 25.7 Å². The SMILES string of the molecule is CCCCCC(=O)CCN1CCC(OC)(OC)[C@@H]1CC=CCCCC(=O)OC. The van der Waals surface area contributed by atoms with E-state index in [1.54, 1.807) is 14.2 Å². The van der Waals surface area contributed by atoms with Crippen LogP contribution < -0.4 is 0 Å². The maximum absolute atomic E-state index is 12.2. The van der Waals surface area contributed by atoms with E-state index in [1.165, 1.54) is 7.11 Å². The quantitative estimate of drug-likeness (QED) is 0.181. The Morgan fingerprint density at radius 2 is 1.79 bits per heavy atom. The molecule has 0 unspecified atom stereocenters. The molecular formula is C22H39NO5. The third-order valence-electron chi connectivity index (χ3n) is 5.63. The normalized spacial score (nSPS) is 19.4. The van der Waals surface area contributed by atoms with Crippen LogP contribution in [0.25, 0.3) is 0 Å². The first kappa shape index (κ1) is 24.8. The van der Waals surface area contributed by atoms with E-state index in [2.05, 4.69) is 28.7 Å². The Hall–Kier alpha value is -1.24. The van der Waals surface area contributed by atoms with Crippen LogP contribution in [0.4, 0.5) is 0 Å². The van der Waals surface area contributed by atoms with Gasteiger partial charge in [0.05, 0.1) is 13.2 Å². The molecular weight excluding hydrogens is 358 g/mol. The Labute approximate surface area is 170 Å². The lowest BCUT2D eigenvalue weighted by Crippen LogP contribution is -2.47. The number of rotatable bonds is 15. The minimum atomic E-state index is -0.623. The Balaban J connectivity index is 2.54. The molecule has 0 spiro atoms. The van der Waals surface area contributed by atoms with Crippen molar-refractivity contribution in [2.75, 3.05) is 34.4 Å². The van der Waals surface area contributed by atoms with Gasteiger partial charge in [-0.25, -0.2) is 0 Å². The minimum Gasteiger partial charge on any atom is -0.469 e. The predicted octanol–water partition coefficient (Wildman–Crippen LogP) is 3.88. The molecule has 1 aliphatic rings. The molecule has 1 aliphatic heterocycles. The van der Waals surface area contributed by atoms with E-state index in [9.17, 15) is 9.59 Å². The summed E-state index contributed by atoms with van der Waals surface area (Å²) in [5, 5.41) is 0. The summed E-state index contributed by atoms with van der Waals surface area (Å²) in [7, 11) is 4.79. The van der Waals surface area contributed by atoms with Gasteiger partial charge >= 0.3 is 5.97 Å². The number of methoxy groups -OCH3 is 3. The van der Waals surface area contributed by atoms with Gasteiger partial charge in [-0.3, -0.25) is 14.5 Å². The fraction of sp³-hybridized carbons (Fsp3) is 0.818. The van der Waals surface area contributed by atoms with Gasteiger partial charge in [-0.15, -0.1) is 0 Å². The molecule has 28 heavy (non-hydrogen) atoms. The highest BCUT2D eigenvalue weighted by molar-refractivity contribution is 5.78. The number of unbranched alkanes of at least 4 members (excludes halogenated alkanes) is 3. The molecule has 0 aliphatic carbocycles. The van der Waals surface area contributed by atoms with Crippen molar-refractivity contribution >= 4 is 11.8 Å². The van der Waals surface area contributed by atoms with E-state index in [0.29, 0.717) is 25.0 Å². The van der Waals surface area contributed by atoms with Crippen LogP contribution in [0.5, 0.6) is 0 Å². The van der Waals surface area contributed by atoms with Crippen molar-refractivity contribution in [1.82, 2.24) is 4.90 Å². The fourth-order valence-corrected chi connectivity index (χ4v) is 3.83. The highest BCUT2D eigenvalue weighted by atomic mass is 16.7. The number of hydrogen-bond donors (Lipinski definition) is 0. The van der Waals surface area contributed by atoms with Crippen molar-refractivity contribution in [3.63, 3.8) is 0 Å². The summed E-state index contributed by atoms with van der Waals surface area (Å²) in [4.78, 5) is 25.6. The maximum atomic E-state index is 12.2. The summed E-state index contributed by atoms with van der Waals surface area (Å²) < 4.78 is 16.2. The molecule has 0 aromatic carbocycles. The summed E-state index contributed by atoms with van der Waals surface area (Å²) >= 11 is 0. The average molecular weight is 398 g/mol. The van der Waals surface area contributed by atoms with Crippen LogP contribution in [-0.2, 0) is 23.8 Å². The van der Waals surface area contributed by atoms with Gasteiger partial charge in [-0.1, -0.05) is 31.9 Å². The van der Waals surface area contributed by atoms with Gasteiger partial charge in [-0.2, -0.15) is 0 Å². The van der Waals surface area contributed by atoms with Crippen molar-refractivity contribution in [2.45, 2.75) is 83.0 Å².